The summed E-state index contributed by atoms with van der Waals surface area (Å²) in [6, 6.07) is 15.7. The summed E-state index contributed by atoms with van der Waals surface area (Å²) in [4.78, 5) is 2.22. The van der Waals surface area contributed by atoms with Crippen molar-refractivity contribution in [1.29, 1.82) is 5.26 Å². The third-order valence-electron chi connectivity index (χ3n) is 3.40. The van der Waals surface area contributed by atoms with Gasteiger partial charge >= 0.3 is 0 Å². The molecule has 0 radical (unpaired) electrons. The molecule has 108 valence electrons. The smallest absolute Gasteiger partial charge is 0.136 e. The second-order valence-corrected chi connectivity index (χ2v) is 4.75. The quantitative estimate of drug-likeness (QED) is 0.855. The number of anilines is 2. The second kappa shape index (κ2) is 6.67. The summed E-state index contributed by atoms with van der Waals surface area (Å²) in [7, 11) is 1.57. The number of nitrogen functional groups attached to an aromatic ring is 1. The van der Waals surface area contributed by atoms with Crippen molar-refractivity contribution in [2.45, 2.75) is 13.5 Å². The van der Waals surface area contributed by atoms with Gasteiger partial charge < -0.3 is 15.4 Å². The van der Waals surface area contributed by atoms with Crippen molar-refractivity contribution in [3.63, 3.8) is 0 Å². The van der Waals surface area contributed by atoms with Crippen molar-refractivity contribution in [3.8, 4) is 11.8 Å². The topological polar surface area (TPSA) is 62.3 Å². The molecule has 0 amide bonds. The van der Waals surface area contributed by atoms with E-state index in [2.05, 4.69) is 17.9 Å². The lowest BCUT2D eigenvalue weighted by molar-refractivity contribution is 0.413. The van der Waals surface area contributed by atoms with Gasteiger partial charge in [-0.05, 0) is 48.9 Å². The predicted molar refractivity (Wildman–Crippen MR) is 85.3 cm³/mol. The molecule has 0 unspecified atom stereocenters. The van der Waals surface area contributed by atoms with E-state index in [1.165, 1.54) is 0 Å². The highest BCUT2D eigenvalue weighted by Gasteiger charge is 2.08. The van der Waals surface area contributed by atoms with E-state index in [-0.39, 0.29) is 0 Å². The Balaban J connectivity index is 2.23. The third kappa shape index (κ3) is 3.46. The lowest BCUT2D eigenvalue weighted by Crippen LogP contribution is -2.22. The number of hydrogen-bond acceptors (Lipinski definition) is 4. The Morgan fingerprint density at radius 3 is 2.48 bits per heavy atom. The van der Waals surface area contributed by atoms with Gasteiger partial charge in [0.2, 0.25) is 0 Å². The van der Waals surface area contributed by atoms with Crippen LogP contribution in [0.15, 0.2) is 42.5 Å². The molecule has 0 saturated carbocycles. The molecule has 0 saturated heterocycles. The largest absolute Gasteiger partial charge is 0.495 e. The van der Waals surface area contributed by atoms with Crippen LogP contribution in [0.5, 0.6) is 5.75 Å². The van der Waals surface area contributed by atoms with Gasteiger partial charge in [-0.1, -0.05) is 6.07 Å². The zero-order valence-corrected chi connectivity index (χ0v) is 12.3. The molecule has 0 aliphatic rings. The van der Waals surface area contributed by atoms with Crippen molar-refractivity contribution >= 4 is 11.4 Å². The van der Waals surface area contributed by atoms with Crippen LogP contribution in [0, 0.1) is 11.3 Å². The number of nitriles is 1. The first-order valence-corrected chi connectivity index (χ1v) is 6.85. The molecule has 4 nitrogen and oxygen atoms in total. The van der Waals surface area contributed by atoms with Gasteiger partial charge in [0, 0.05) is 24.5 Å². The van der Waals surface area contributed by atoms with Crippen molar-refractivity contribution in [1.82, 2.24) is 0 Å². The first kappa shape index (κ1) is 14.7. The maximum atomic E-state index is 9.16. The Labute approximate surface area is 125 Å². The zero-order valence-electron chi connectivity index (χ0n) is 12.3. The first-order chi connectivity index (χ1) is 10.2. The molecule has 4 heteroatoms. The van der Waals surface area contributed by atoms with Crippen LogP contribution in [0.25, 0.3) is 0 Å². The van der Waals surface area contributed by atoms with Gasteiger partial charge in [-0.15, -0.1) is 0 Å². The Morgan fingerprint density at radius 1 is 1.19 bits per heavy atom. The predicted octanol–water partition coefficient (Wildman–Crippen LogP) is 3.18. The lowest BCUT2D eigenvalue weighted by atomic mass is 10.1. The maximum Gasteiger partial charge on any atom is 0.136 e. The molecule has 0 spiro atoms. The highest BCUT2D eigenvalue weighted by atomic mass is 16.5. The molecule has 0 heterocycles. The van der Waals surface area contributed by atoms with Gasteiger partial charge in [-0.3, -0.25) is 0 Å². The van der Waals surface area contributed by atoms with Gasteiger partial charge in [0.05, 0.1) is 12.7 Å². The van der Waals surface area contributed by atoms with E-state index in [1.54, 1.807) is 7.11 Å². The molecule has 2 aromatic carbocycles. The fraction of sp³-hybridized carbons (Fsp3) is 0.235. The first-order valence-electron chi connectivity index (χ1n) is 6.85. The van der Waals surface area contributed by atoms with Crippen LogP contribution >= 0.6 is 0 Å². The summed E-state index contributed by atoms with van der Waals surface area (Å²) >= 11 is 0. The van der Waals surface area contributed by atoms with Crippen molar-refractivity contribution in [2.24, 2.45) is 0 Å². The van der Waals surface area contributed by atoms with Crippen LogP contribution in [-0.4, -0.2) is 13.7 Å². The van der Waals surface area contributed by atoms with Gasteiger partial charge in [-0.2, -0.15) is 5.26 Å². The van der Waals surface area contributed by atoms with E-state index in [4.69, 9.17) is 15.7 Å². The van der Waals surface area contributed by atoms with Crippen LogP contribution < -0.4 is 15.4 Å². The summed E-state index contributed by atoms with van der Waals surface area (Å²) in [5.41, 5.74) is 9.22. The molecular weight excluding hydrogens is 262 g/mol. The summed E-state index contributed by atoms with van der Waals surface area (Å²) in [6.07, 6.45) is 0. The second-order valence-electron chi connectivity index (χ2n) is 4.75. The maximum absolute atomic E-state index is 9.16. The van der Waals surface area contributed by atoms with Crippen molar-refractivity contribution in [3.05, 3.63) is 53.6 Å². The summed E-state index contributed by atoms with van der Waals surface area (Å²) in [5, 5.41) is 9.16. The molecule has 0 aliphatic heterocycles. The van der Waals surface area contributed by atoms with E-state index in [9.17, 15) is 0 Å². The fourth-order valence-electron chi connectivity index (χ4n) is 2.23. The van der Waals surface area contributed by atoms with E-state index >= 15 is 0 Å². The van der Waals surface area contributed by atoms with Crippen LogP contribution in [0.3, 0.4) is 0 Å². The molecule has 2 rings (SSSR count). The van der Waals surface area contributed by atoms with Crippen LogP contribution in [-0.2, 0) is 6.54 Å². The van der Waals surface area contributed by atoms with Crippen molar-refractivity contribution < 1.29 is 4.74 Å². The minimum atomic E-state index is 0.559. The van der Waals surface area contributed by atoms with E-state index in [0.29, 0.717) is 11.3 Å². The highest BCUT2D eigenvalue weighted by Crippen LogP contribution is 2.22. The van der Waals surface area contributed by atoms with Gasteiger partial charge in [0.25, 0.3) is 0 Å². The molecule has 2 aromatic rings. The van der Waals surface area contributed by atoms with Crippen LogP contribution in [0.1, 0.15) is 18.1 Å². The number of hydrogen-bond donors (Lipinski definition) is 1. The molecule has 0 aliphatic carbocycles. The fourth-order valence-corrected chi connectivity index (χ4v) is 2.23. The lowest BCUT2D eigenvalue weighted by Gasteiger charge is -2.23. The molecule has 2 N–H and O–H groups in total. The van der Waals surface area contributed by atoms with Gasteiger partial charge in [0.15, 0.2) is 0 Å². The average Bonchev–Trinajstić information content (AvgIpc) is 2.53. The Morgan fingerprint density at radius 2 is 1.90 bits per heavy atom. The number of nitrogens with two attached hydrogens (primary N) is 1. The van der Waals surface area contributed by atoms with Crippen molar-refractivity contribution in [2.75, 3.05) is 24.3 Å². The van der Waals surface area contributed by atoms with Crippen LogP contribution in [0.4, 0.5) is 11.4 Å². The number of methoxy groups -OCH3 is 1. The Kier molecular flexibility index (Phi) is 4.68. The third-order valence-corrected chi connectivity index (χ3v) is 3.40. The molecule has 0 fully saturated rings. The number of ether oxygens (including phenoxy) is 1. The molecule has 0 atom stereocenters. The van der Waals surface area contributed by atoms with E-state index in [0.717, 1.165) is 30.0 Å². The molecule has 0 bridgehead atoms. The summed E-state index contributed by atoms with van der Waals surface area (Å²) < 4.78 is 5.17. The molecule has 0 aromatic heterocycles. The standard InChI is InChI=1S/C17H19N3O/c1-3-20(16-7-5-15(19)6-8-16)12-13-4-9-17(21-2)14(10-13)11-18/h4-10H,3,12,19H2,1-2H3. The Hall–Kier alpha value is -2.67. The SMILES string of the molecule is CCN(Cc1ccc(OC)c(C#N)c1)c1ccc(N)cc1. The van der Waals surface area contributed by atoms with Gasteiger partial charge in [0.1, 0.15) is 11.8 Å². The highest BCUT2D eigenvalue weighted by molar-refractivity contribution is 5.54. The molecule has 21 heavy (non-hydrogen) atoms. The molecular formula is C17H19N3O. The van der Waals surface area contributed by atoms with E-state index in [1.807, 2.05) is 42.5 Å². The van der Waals surface area contributed by atoms with Gasteiger partial charge in [-0.25, -0.2) is 0 Å². The van der Waals surface area contributed by atoms with Crippen LogP contribution in [0.2, 0.25) is 0 Å². The monoisotopic (exact) mass is 281 g/mol. The minimum Gasteiger partial charge on any atom is -0.495 e. The zero-order chi connectivity index (χ0) is 15.2. The summed E-state index contributed by atoms with van der Waals surface area (Å²) in [6.45, 7) is 3.71. The normalized spacial score (nSPS) is 9.95. The number of rotatable bonds is 5. The minimum absolute atomic E-state index is 0.559. The Bertz CT molecular complexity index is 644. The average molecular weight is 281 g/mol. The summed E-state index contributed by atoms with van der Waals surface area (Å²) in [5.74, 6) is 0.608. The number of nitrogens with zero attached hydrogens (tertiary/aromatic N) is 2. The number of benzene rings is 2. The van der Waals surface area contributed by atoms with E-state index < -0.39 is 0 Å².